The van der Waals surface area contributed by atoms with Crippen LogP contribution in [0.2, 0.25) is 0 Å². The van der Waals surface area contributed by atoms with Crippen LogP contribution in [0, 0.1) is 0 Å². The van der Waals surface area contributed by atoms with Gasteiger partial charge in [-0.1, -0.05) is 6.42 Å². The minimum absolute atomic E-state index is 0.131. The second kappa shape index (κ2) is 7.11. The van der Waals surface area contributed by atoms with Crippen molar-refractivity contribution in [3.8, 4) is 0 Å². The maximum absolute atomic E-state index is 11.7. The zero-order valence-electron chi connectivity index (χ0n) is 14.4. The van der Waals surface area contributed by atoms with Crippen molar-refractivity contribution in [3.63, 3.8) is 0 Å². The Bertz CT molecular complexity index is 754. The molecule has 1 unspecified atom stereocenters. The lowest BCUT2D eigenvalue weighted by molar-refractivity contribution is -0.116. The number of aromatic nitrogens is 2. The van der Waals surface area contributed by atoms with Crippen LogP contribution in [0.5, 0.6) is 0 Å². The summed E-state index contributed by atoms with van der Waals surface area (Å²) in [4.78, 5) is 14.1. The van der Waals surface area contributed by atoms with E-state index in [4.69, 9.17) is 14.2 Å². The lowest BCUT2D eigenvalue weighted by atomic mass is 10.0. The number of hydrogen-bond acceptors (Lipinski definition) is 6. The average molecular weight is 345 g/mol. The van der Waals surface area contributed by atoms with Crippen LogP contribution in [-0.4, -0.2) is 59.8 Å². The first-order valence-corrected chi connectivity index (χ1v) is 8.77. The van der Waals surface area contributed by atoms with Crippen LogP contribution < -0.4 is 0 Å². The summed E-state index contributed by atoms with van der Waals surface area (Å²) >= 11 is 0. The van der Waals surface area contributed by atoms with Gasteiger partial charge in [-0.2, -0.15) is 5.10 Å². The average Bonchev–Trinajstić information content (AvgIpc) is 3.31. The lowest BCUT2D eigenvalue weighted by Gasteiger charge is -2.37. The highest BCUT2D eigenvalue weighted by Crippen LogP contribution is 2.26. The summed E-state index contributed by atoms with van der Waals surface area (Å²) in [5, 5.41) is 5.45. The monoisotopic (exact) mass is 345 g/mol. The standard InChI is InChI=1S/C18H23N3O4/c1-23-17(22)13-5-6-15-14(10-13)11-19-21(15)12-20-7-3-2-4-16(20)18-24-8-9-25-18/h5-6,10-11,16,18H,2-4,7-9,12H2,1H3. The maximum atomic E-state index is 11.7. The Morgan fingerprint density at radius 1 is 1.32 bits per heavy atom. The molecule has 134 valence electrons. The quantitative estimate of drug-likeness (QED) is 0.790. The number of esters is 1. The van der Waals surface area contributed by atoms with Crippen LogP contribution in [0.4, 0.5) is 0 Å². The molecule has 2 aliphatic heterocycles. The molecule has 0 aliphatic carbocycles. The summed E-state index contributed by atoms with van der Waals surface area (Å²) in [6.07, 6.45) is 5.12. The summed E-state index contributed by atoms with van der Waals surface area (Å²) < 4.78 is 18.2. The lowest BCUT2D eigenvalue weighted by Crippen LogP contribution is -2.47. The van der Waals surface area contributed by atoms with Gasteiger partial charge in [0, 0.05) is 11.9 Å². The van der Waals surface area contributed by atoms with Gasteiger partial charge >= 0.3 is 5.97 Å². The molecule has 1 aromatic heterocycles. The van der Waals surface area contributed by atoms with Crippen LogP contribution in [-0.2, 0) is 20.9 Å². The van der Waals surface area contributed by atoms with Crippen LogP contribution in [0.1, 0.15) is 29.6 Å². The van der Waals surface area contributed by atoms with Crippen LogP contribution in [0.25, 0.3) is 10.9 Å². The largest absolute Gasteiger partial charge is 0.465 e. The molecule has 0 spiro atoms. The molecule has 0 amide bonds. The Balaban J connectivity index is 1.55. The Morgan fingerprint density at radius 3 is 2.96 bits per heavy atom. The van der Waals surface area contributed by atoms with Crippen LogP contribution in [0.3, 0.4) is 0 Å². The van der Waals surface area contributed by atoms with Gasteiger partial charge in [0.15, 0.2) is 6.29 Å². The Hall–Kier alpha value is -1.96. The van der Waals surface area contributed by atoms with Crippen molar-refractivity contribution in [3.05, 3.63) is 30.0 Å². The Labute approximate surface area is 146 Å². The zero-order chi connectivity index (χ0) is 17.2. The van der Waals surface area contributed by atoms with Crippen molar-refractivity contribution in [2.45, 2.75) is 38.3 Å². The molecule has 0 bridgehead atoms. The van der Waals surface area contributed by atoms with Crippen LogP contribution in [0.15, 0.2) is 24.4 Å². The molecule has 4 rings (SSSR count). The molecule has 1 atom stereocenters. The number of hydrogen-bond donors (Lipinski definition) is 0. The Kier molecular flexibility index (Phi) is 4.70. The normalized spacial score (nSPS) is 22.5. The van der Waals surface area contributed by atoms with Crippen molar-refractivity contribution in [1.82, 2.24) is 14.7 Å². The third-order valence-electron chi connectivity index (χ3n) is 5.00. The van der Waals surface area contributed by atoms with Crippen molar-refractivity contribution in [2.75, 3.05) is 26.9 Å². The SMILES string of the molecule is COC(=O)c1ccc2c(cnn2CN2CCCCC2C2OCCO2)c1. The number of ether oxygens (including phenoxy) is 3. The molecule has 7 heteroatoms. The Morgan fingerprint density at radius 2 is 2.16 bits per heavy atom. The van der Waals surface area contributed by atoms with Crippen molar-refractivity contribution < 1.29 is 19.0 Å². The van der Waals surface area contributed by atoms with E-state index in [0.29, 0.717) is 25.4 Å². The fourth-order valence-corrected chi connectivity index (χ4v) is 3.72. The smallest absolute Gasteiger partial charge is 0.337 e. The highest BCUT2D eigenvalue weighted by atomic mass is 16.7. The number of carbonyl (C=O) groups is 1. The first kappa shape index (κ1) is 16.5. The number of fused-ring (bicyclic) bond motifs is 1. The molecule has 1 aromatic carbocycles. The third kappa shape index (κ3) is 3.27. The molecule has 2 fully saturated rings. The minimum Gasteiger partial charge on any atom is -0.465 e. The first-order chi connectivity index (χ1) is 12.3. The van der Waals surface area contributed by atoms with Crippen molar-refractivity contribution in [2.24, 2.45) is 0 Å². The van der Waals surface area contributed by atoms with E-state index in [1.807, 2.05) is 16.8 Å². The summed E-state index contributed by atoms with van der Waals surface area (Å²) in [6.45, 7) is 3.05. The number of rotatable bonds is 4. The fraction of sp³-hybridized carbons (Fsp3) is 0.556. The molecule has 3 heterocycles. The van der Waals surface area contributed by atoms with E-state index in [-0.39, 0.29) is 18.3 Å². The molecular weight excluding hydrogens is 322 g/mol. The number of likely N-dealkylation sites (tertiary alicyclic amines) is 1. The van der Waals surface area contributed by atoms with Gasteiger partial charge in [-0.05, 0) is 31.0 Å². The second-order valence-electron chi connectivity index (χ2n) is 6.54. The van der Waals surface area contributed by atoms with E-state index < -0.39 is 0 Å². The fourth-order valence-electron chi connectivity index (χ4n) is 3.72. The third-order valence-corrected chi connectivity index (χ3v) is 5.00. The van der Waals surface area contributed by atoms with E-state index in [2.05, 4.69) is 10.00 Å². The minimum atomic E-state index is -0.332. The number of carbonyl (C=O) groups excluding carboxylic acids is 1. The molecule has 2 saturated heterocycles. The van der Waals surface area contributed by atoms with Crippen molar-refractivity contribution in [1.29, 1.82) is 0 Å². The highest BCUT2D eigenvalue weighted by Gasteiger charge is 2.34. The van der Waals surface area contributed by atoms with Crippen molar-refractivity contribution >= 4 is 16.9 Å². The maximum Gasteiger partial charge on any atom is 0.337 e. The highest BCUT2D eigenvalue weighted by molar-refractivity contribution is 5.94. The van der Waals surface area contributed by atoms with E-state index in [0.717, 1.165) is 23.9 Å². The van der Waals surface area contributed by atoms with Gasteiger partial charge in [0.05, 0.1) is 50.3 Å². The number of piperidine rings is 1. The molecule has 0 N–H and O–H groups in total. The molecular formula is C18H23N3O4. The molecule has 0 radical (unpaired) electrons. The summed E-state index contributed by atoms with van der Waals surface area (Å²) in [5.41, 5.74) is 1.54. The second-order valence-corrected chi connectivity index (χ2v) is 6.54. The van der Waals surface area contributed by atoms with E-state index in [9.17, 15) is 4.79 Å². The summed E-state index contributed by atoms with van der Waals surface area (Å²) in [6, 6.07) is 5.80. The van der Waals surface area contributed by atoms with Gasteiger partial charge in [0.2, 0.25) is 0 Å². The number of methoxy groups -OCH3 is 1. The molecule has 25 heavy (non-hydrogen) atoms. The van der Waals surface area contributed by atoms with Gasteiger partial charge in [0.25, 0.3) is 0 Å². The zero-order valence-corrected chi connectivity index (χ0v) is 14.4. The topological polar surface area (TPSA) is 65.8 Å². The number of nitrogens with zero attached hydrogens (tertiary/aromatic N) is 3. The molecule has 7 nitrogen and oxygen atoms in total. The van der Waals surface area contributed by atoms with Gasteiger partial charge in [0.1, 0.15) is 0 Å². The molecule has 0 saturated carbocycles. The summed E-state index contributed by atoms with van der Waals surface area (Å²) in [5.74, 6) is -0.332. The van der Waals surface area contributed by atoms with Crippen LogP contribution >= 0.6 is 0 Å². The van der Waals surface area contributed by atoms with Gasteiger partial charge in [-0.3, -0.25) is 9.58 Å². The molecule has 2 aromatic rings. The van der Waals surface area contributed by atoms with E-state index >= 15 is 0 Å². The predicted molar refractivity (Wildman–Crippen MR) is 91.1 cm³/mol. The summed E-state index contributed by atoms with van der Waals surface area (Å²) in [7, 11) is 1.39. The van der Waals surface area contributed by atoms with E-state index in [1.54, 1.807) is 12.3 Å². The van der Waals surface area contributed by atoms with Gasteiger partial charge in [-0.25, -0.2) is 4.79 Å². The van der Waals surface area contributed by atoms with Gasteiger partial charge < -0.3 is 14.2 Å². The predicted octanol–water partition coefficient (Wildman–Crippen LogP) is 2.01. The molecule has 2 aliphatic rings. The van der Waals surface area contributed by atoms with Gasteiger partial charge in [-0.15, -0.1) is 0 Å². The first-order valence-electron chi connectivity index (χ1n) is 8.77. The van der Waals surface area contributed by atoms with E-state index in [1.165, 1.54) is 20.0 Å². The number of benzene rings is 1.